The standard InChI is InChI=1S/C28H37FN2O2/c1-20(2)16-31(18-23-13-24-8-4-5-12-33-28(24)27(32)15-23)21(3)25-10-11-30(19-25)17-22-7-6-9-26(29)14-22/h6-7,9,13-15,20,25,32H,3-5,8,10-12,16-19H2,1-2H3/t25-/m1/s1. The minimum atomic E-state index is -0.176. The van der Waals surface area contributed by atoms with E-state index < -0.39 is 0 Å². The van der Waals surface area contributed by atoms with Crippen LogP contribution in [-0.2, 0) is 19.5 Å². The predicted molar refractivity (Wildman–Crippen MR) is 131 cm³/mol. The first-order chi connectivity index (χ1) is 15.9. The van der Waals surface area contributed by atoms with E-state index in [1.54, 1.807) is 12.1 Å². The summed E-state index contributed by atoms with van der Waals surface area (Å²) in [5.41, 5.74) is 4.40. The monoisotopic (exact) mass is 452 g/mol. The summed E-state index contributed by atoms with van der Waals surface area (Å²) in [5.74, 6) is 1.63. The third-order valence-electron chi connectivity index (χ3n) is 6.70. The van der Waals surface area contributed by atoms with Gasteiger partial charge in [0, 0.05) is 37.8 Å². The lowest BCUT2D eigenvalue weighted by Crippen LogP contribution is -2.31. The van der Waals surface area contributed by atoms with Gasteiger partial charge in [-0.2, -0.15) is 0 Å². The third kappa shape index (κ3) is 6.08. The van der Waals surface area contributed by atoms with Gasteiger partial charge in [-0.1, -0.05) is 38.6 Å². The van der Waals surface area contributed by atoms with Crippen molar-refractivity contribution < 1.29 is 14.2 Å². The summed E-state index contributed by atoms with van der Waals surface area (Å²) in [5, 5.41) is 10.6. The van der Waals surface area contributed by atoms with E-state index in [9.17, 15) is 9.50 Å². The Labute approximate surface area is 197 Å². The third-order valence-corrected chi connectivity index (χ3v) is 6.70. The topological polar surface area (TPSA) is 35.9 Å². The Hall–Kier alpha value is -2.53. The van der Waals surface area contributed by atoms with E-state index in [1.165, 1.54) is 6.07 Å². The number of hydrogen-bond donors (Lipinski definition) is 1. The zero-order valence-electron chi connectivity index (χ0n) is 20.0. The molecule has 0 unspecified atom stereocenters. The second kappa shape index (κ2) is 10.6. The Morgan fingerprint density at radius 3 is 2.88 bits per heavy atom. The van der Waals surface area contributed by atoms with Crippen LogP contribution in [0.1, 0.15) is 49.8 Å². The SMILES string of the molecule is C=C([C@@H]1CCN(Cc2cccc(F)c2)C1)N(Cc1cc(O)c2c(c1)CCCCO2)CC(C)C. The van der Waals surface area contributed by atoms with Crippen LogP contribution >= 0.6 is 0 Å². The number of hydrogen-bond acceptors (Lipinski definition) is 4. The molecule has 0 radical (unpaired) electrons. The summed E-state index contributed by atoms with van der Waals surface area (Å²) in [6.45, 7) is 14.0. The smallest absolute Gasteiger partial charge is 0.164 e. The quantitative estimate of drug-likeness (QED) is 0.554. The predicted octanol–water partition coefficient (Wildman–Crippen LogP) is 5.74. The molecule has 0 spiro atoms. The van der Waals surface area contributed by atoms with E-state index in [-0.39, 0.29) is 11.6 Å². The van der Waals surface area contributed by atoms with Crippen LogP contribution in [0.25, 0.3) is 0 Å². The van der Waals surface area contributed by atoms with E-state index in [1.807, 2.05) is 12.1 Å². The van der Waals surface area contributed by atoms with E-state index in [2.05, 4.69) is 36.3 Å². The molecule has 2 aromatic carbocycles. The molecule has 0 saturated carbocycles. The number of rotatable bonds is 8. The van der Waals surface area contributed by atoms with Crippen LogP contribution < -0.4 is 4.74 Å². The Balaban J connectivity index is 1.44. The summed E-state index contributed by atoms with van der Waals surface area (Å²) in [6, 6.07) is 10.9. The van der Waals surface area contributed by atoms with Gasteiger partial charge in [0.2, 0.25) is 0 Å². The number of phenols is 1. The summed E-state index contributed by atoms with van der Waals surface area (Å²) in [7, 11) is 0. The first kappa shape index (κ1) is 23.6. The molecule has 1 fully saturated rings. The van der Waals surface area contributed by atoms with Crippen molar-refractivity contribution in [2.45, 2.75) is 52.6 Å². The summed E-state index contributed by atoms with van der Waals surface area (Å²) in [4.78, 5) is 4.78. The summed E-state index contributed by atoms with van der Waals surface area (Å²) in [6.07, 6.45) is 4.11. The number of halogens is 1. The van der Waals surface area contributed by atoms with Gasteiger partial charge in [-0.05, 0) is 73.0 Å². The highest BCUT2D eigenvalue weighted by Gasteiger charge is 2.28. The van der Waals surface area contributed by atoms with Gasteiger partial charge in [0.15, 0.2) is 11.5 Å². The molecule has 4 rings (SSSR count). The maximum atomic E-state index is 13.6. The number of benzene rings is 2. The molecule has 2 heterocycles. The highest BCUT2D eigenvalue weighted by molar-refractivity contribution is 5.49. The molecular weight excluding hydrogens is 415 g/mol. The molecule has 0 amide bonds. The van der Waals surface area contributed by atoms with Gasteiger partial charge >= 0.3 is 0 Å². The fraction of sp³-hybridized carbons (Fsp3) is 0.500. The Kier molecular flexibility index (Phi) is 7.59. The van der Waals surface area contributed by atoms with Crippen molar-refractivity contribution in [3.8, 4) is 11.5 Å². The van der Waals surface area contributed by atoms with Crippen molar-refractivity contribution in [2.75, 3.05) is 26.2 Å². The van der Waals surface area contributed by atoms with Gasteiger partial charge in [0.1, 0.15) is 5.82 Å². The lowest BCUT2D eigenvalue weighted by atomic mass is 10.0. The van der Waals surface area contributed by atoms with Gasteiger partial charge < -0.3 is 14.7 Å². The Bertz CT molecular complexity index is 974. The lowest BCUT2D eigenvalue weighted by molar-refractivity contribution is 0.256. The molecule has 178 valence electrons. The number of aryl methyl sites for hydroxylation is 1. The normalized spacial score (nSPS) is 18.6. The number of aromatic hydroxyl groups is 1. The average Bonchev–Trinajstić information content (AvgIpc) is 3.08. The molecule has 1 N–H and O–H groups in total. The Morgan fingerprint density at radius 2 is 2.09 bits per heavy atom. The maximum absolute atomic E-state index is 13.6. The molecule has 2 aliphatic rings. The van der Waals surface area contributed by atoms with Crippen molar-refractivity contribution >= 4 is 0 Å². The van der Waals surface area contributed by atoms with Crippen molar-refractivity contribution in [2.24, 2.45) is 11.8 Å². The molecule has 4 nitrogen and oxygen atoms in total. The molecule has 0 aliphatic carbocycles. The molecule has 5 heteroatoms. The second-order valence-corrected chi connectivity index (χ2v) is 10.0. The largest absolute Gasteiger partial charge is 0.504 e. The first-order valence-electron chi connectivity index (χ1n) is 12.3. The van der Waals surface area contributed by atoms with Gasteiger partial charge in [-0.3, -0.25) is 4.90 Å². The van der Waals surface area contributed by atoms with Crippen molar-refractivity contribution in [1.29, 1.82) is 0 Å². The number of likely N-dealkylation sites (tertiary alicyclic amines) is 1. The van der Waals surface area contributed by atoms with Gasteiger partial charge in [-0.25, -0.2) is 4.39 Å². The zero-order valence-corrected chi connectivity index (χ0v) is 20.0. The molecule has 0 bridgehead atoms. The highest BCUT2D eigenvalue weighted by atomic mass is 19.1. The molecule has 1 saturated heterocycles. The van der Waals surface area contributed by atoms with Crippen molar-refractivity contribution in [3.05, 3.63) is 71.2 Å². The summed E-state index contributed by atoms with van der Waals surface area (Å²) >= 11 is 0. The van der Waals surface area contributed by atoms with E-state index in [4.69, 9.17) is 4.74 Å². The maximum Gasteiger partial charge on any atom is 0.164 e. The zero-order chi connectivity index (χ0) is 23.4. The van der Waals surface area contributed by atoms with E-state index in [0.29, 0.717) is 24.2 Å². The summed E-state index contributed by atoms with van der Waals surface area (Å²) < 4.78 is 19.4. The lowest BCUT2D eigenvalue weighted by Gasteiger charge is -2.32. The number of ether oxygens (including phenoxy) is 1. The molecule has 0 aromatic heterocycles. The van der Waals surface area contributed by atoms with Crippen molar-refractivity contribution in [1.82, 2.24) is 9.80 Å². The molecule has 2 aromatic rings. The van der Waals surface area contributed by atoms with Crippen LogP contribution in [0.4, 0.5) is 4.39 Å². The van der Waals surface area contributed by atoms with Crippen LogP contribution in [-0.4, -0.2) is 41.1 Å². The van der Waals surface area contributed by atoms with Crippen LogP contribution in [0.2, 0.25) is 0 Å². The minimum Gasteiger partial charge on any atom is -0.504 e. The van der Waals surface area contributed by atoms with Gasteiger partial charge in [-0.15, -0.1) is 0 Å². The fourth-order valence-electron chi connectivity index (χ4n) is 5.12. The number of nitrogens with zero attached hydrogens (tertiary/aromatic N) is 2. The highest BCUT2D eigenvalue weighted by Crippen LogP contribution is 2.36. The van der Waals surface area contributed by atoms with Crippen LogP contribution in [0, 0.1) is 17.7 Å². The van der Waals surface area contributed by atoms with Crippen molar-refractivity contribution in [3.63, 3.8) is 0 Å². The van der Waals surface area contributed by atoms with Crippen LogP contribution in [0.5, 0.6) is 11.5 Å². The number of fused-ring (bicyclic) bond motifs is 1. The van der Waals surface area contributed by atoms with E-state index in [0.717, 1.165) is 80.8 Å². The Morgan fingerprint density at radius 1 is 1.24 bits per heavy atom. The number of phenolic OH excluding ortho intramolecular Hbond substituents is 1. The van der Waals surface area contributed by atoms with E-state index >= 15 is 0 Å². The fourth-order valence-corrected chi connectivity index (χ4v) is 5.12. The molecule has 2 aliphatic heterocycles. The second-order valence-electron chi connectivity index (χ2n) is 10.0. The first-order valence-corrected chi connectivity index (χ1v) is 12.3. The molecule has 1 atom stereocenters. The van der Waals surface area contributed by atoms with Crippen LogP contribution in [0.3, 0.4) is 0 Å². The minimum absolute atomic E-state index is 0.176. The molecule has 33 heavy (non-hydrogen) atoms. The average molecular weight is 453 g/mol. The molecular formula is C28H37FN2O2. The van der Waals surface area contributed by atoms with Gasteiger partial charge in [0.05, 0.1) is 6.61 Å². The van der Waals surface area contributed by atoms with Gasteiger partial charge in [0.25, 0.3) is 0 Å². The van der Waals surface area contributed by atoms with Crippen LogP contribution in [0.15, 0.2) is 48.7 Å².